The predicted octanol–water partition coefficient (Wildman–Crippen LogP) is 2.47. The quantitative estimate of drug-likeness (QED) is 0.442. The van der Waals surface area contributed by atoms with E-state index in [0.717, 1.165) is 25.1 Å². The van der Waals surface area contributed by atoms with Crippen LogP contribution in [0.25, 0.3) is 0 Å². The van der Waals surface area contributed by atoms with Gasteiger partial charge in [-0.3, -0.25) is 15.0 Å². The van der Waals surface area contributed by atoms with Crippen molar-refractivity contribution < 1.29 is 9.31 Å². The van der Waals surface area contributed by atoms with Gasteiger partial charge in [0, 0.05) is 12.6 Å². The topological polar surface area (TPSA) is 70.2 Å². The number of nitrogens with zero attached hydrogens (tertiary/aromatic N) is 3. The first-order valence-corrected chi connectivity index (χ1v) is 5.60. The molecule has 1 aromatic carbocycles. The number of nitriles is 1. The Kier molecular flexibility index (Phi) is 5.21. The van der Waals surface area contributed by atoms with Gasteiger partial charge >= 0.3 is 5.69 Å². The summed E-state index contributed by atoms with van der Waals surface area (Å²) in [5, 5.41) is 19.1. The SMILES string of the molecule is CCCN(CC#N)Cc1ccc([N+](=O)[O-])c(F)c1. The Bertz CT molecular complexity index is 471. The summed E-state index contributed by atoms with van der Waals surface area (Å²) in [4.78, 5) is 11.6. The highest BCUT2D eigenvalue weighted by atomic mass is 19.1. The summed E-state index contributed by atoms with van der Waals surface area (Å²) in [6.45, 7) is 3.38. The number of hydrogen-bond acceptors (Lipinski definition) is 4. The molecule has 0 bridgehead atoms. The number of rotatable bonds is 6. The highest BCUT2D eigenvalue weighted by molar-refractivity contribution is 5.34. The monoisotopic (exact) mass is 251 g/mol. The third kappa shape index (κ3) is 3.79. The number of benzene rings is 1. The standard InChI is InChI=1S/C12H14FN3O2/c1-2-6-15(7-5-14)9-10-3-4-12(16(17)18)11(13)8-10/h3-4,8H,2,6-7,9H2,1H3. The van der Waals surface area contributed by atoms with Crippen molar-refractivity contribution in [3.63, 3.8) is 0 Å². The molecule has 0 aliphatic heterocycles. The predicted molar refractivity (Wildman–Crippen MR) is 64.2 cm³/mol. The maximum absolute atomic E-state index is 13.4. The molecule has 0 fully saturated rings. The van der Waals surface area contributed by atoms with Crippen LogP contribution < -0.4 is 0 Å². The normalized spacial score (nSPS) is 10.3. The van der Waals surface area contributed by atoms with Crippen molar-refractivity contribution in [2.45, 2.75) is 19.9 Å². The average molecular weight is 251 g/mol. The van der Waals surface area contributed by atoms with E-state index in [1.54, 1.807) is 0 Å². The zero-order chi connectivity index (χ0) is 13.5. The largest absolute Gasteiger partial charge is 0.304 e. The van der Waals surface area contributed by atoms with Gasteiger partial charge in [0.05, 0.1) is 17.5 Å². The first-order valence-electron chi connectivity index (χ1n) is 5.60. The summed E-state index contributed by atoms with van der Waals surface area (Å²) in [5.74, 6) is -0.842. The molecule has 0 aliphatic rings. The first-order chi connectivity index (χ1) is 8.58. The van der Waals surface area contributed by atoms with Gasteiger partial charge in [0.2, 0.25) is 5.82 Å². The van der Waals surface area contributed by atoms with Gasteiger partial charge in [-0.05, 0) is 24.6 Å². The molecule has 0 unspecified atom stereocenters. The van der Waals surface area contributed by atoms with Gasteiger partial charge in [0.15, 0.2) is 0 Å². The fraction of sp³-hybridized carbons (Fsp3) is 0.417. The van der Waals surface area contributed by atoms with Crippen molar-refractivity contribution in [1.82, 2.24) is 4.90 Å². The molecule has 96 valence electrons. The van der Waals surface area contributed by atoms with E-state index in [2.05, 4.69) is 0 Å². The number of nitro benzene ring substituents is 1. The highest BCUT2D eigenvalue weighted by Gasteiger charge is 2.14. The van der Waals surface area contributed by atoms with Crippen molar-refractivity contribution in [2.75, 3.05) is 13.1 Å². The van der Waals surface area contributed by atoms with E-state index in [9.17, 15) is 14.5 Å². The molecule has 0 heterocycles. The Morgan fingerprint density at radius 2 is 2.28 bits per heavy atom. The van der Waals surface area contributed by atoms with Crippen LogP contribution in [-0.2, 0) is 6.54 Å². The molecule has 1 aromatic rings. The van der Waals surface area contributed by atoms with Crippen LogP contribution in [0.3, 0.4) is 0 Å². The van der Waals surface area contributed by atoms with Gasteiger partial charge in [-0.2, -0.15) is 9.65 Å². The van der Waals surface area contributed by atoms with E-state index in [1.165, 1.54) is 6.07 Å². The fourth-order valence-corrected chi connectivity index (χ4v) is 1.69. The molecule has 18 heavy (non-hydrogen) atoms. The van der Waals surface area contributed by atoms with Gasteiger partial charge in [0.25, 0.3) is 0 Å². The lowest BCUT2D eigenvalue weighted by molar-refractivity contribution is -0.387. The number of hydrogen-bond donors (Lipinski definition) is 0. The lowest BCUT2D eigenvalue weighted by atomic mass is 10.2. The third-order valence-electron chi connectivity index (χ3n) is 2.45. The molecule has 1 rings (SSSR count). The van der Waals surface area contributed by atoms with Gasteiger partial charge in [0.1, 0.15) is 0 Å². The molecule has 0 N–H and O–H groups in total. The van der Waals surface area contributed by atoms with Crippen LogP contribution >= 0.6 is 0 Å². The Morgan fingerprint density at radius 3 is 2.78 bits per heavy atom. The van der Waals surface area contributed by atoms with Gasteiger partial charge in [-0.25, -0.2) is 0 Å². The molecular formula is C12H14FN3O2. The molecular weight excluding hydrogens is 237 g/mol. The molecule has 0 saturated carbocycles. The summed E-state index contributed by atoms with van der Waals surface area (Å²) < 4.78 is 13.4. The first kappa shape index (κ1) is 14.1. The van der Waals surface area contributed by atoms with Crippen LogP contribution in [0.2, 0.25) is 0 Å². The average Bonchev–Trinajstić information content (AvgIpc) is 2.29. The van der Waals surface area contributed by atoms with Crippen molar-refractivity contribution >= 4 is 5.69 Å². The minimum absolute atomic E-state index is 0.256. The Labute approximate surface area is 105 Å². The smallest absolute Gasteiger partial charge is 0.286 e. The maximum Gasteiger partial charge on any atom is 0.304 e. The molecule has 0 radical (unpaired) electrons. The van der Waals surface area contributed by atoms with E-state index in [1.807, 2.05) is 17.9 Å². The number of nitro groups is 1. The Balaban J connectivity index is 2.81. The minimum atomic E-state index is -0.842. The highest BCUT2D eigenvalue weighted by Crippen LogP contribution is 2.18. The molecule has 0 saturated heterocycles. The zero-order valence-electron chi connectivity index (χ0n) is 10.1. The lowest BCUT2D eigenvalue weighted by Crippen LogP contribution is -2.24. The van der Waals surface area contributed by atoms with Gasteiger partial charge in [-0.15, -0.1) is 0 Å². The van der Waals surface area contributed by atoms with E-state index < -0.39 is 16.4 Å². The summed E-state index contributed by atoms with van der Waals surface area (Å²) >= 11 is 0. The van der Waals surface area contributed by atoms with E-state index in [-0.39, 0.29) is 6.54 Å². The van der Waals surface area contributed by atoms with Gasteiger partial charge in [-0.1, -0.05) is 13.0 Å². The van der Waals surface area contributed by atoms with E-state index in [4.69, 9.17) is 5.26 Å². The molecule has 6 heteroatoms. The van der Waals surface area contributed by atoms with Crippen molar-refractivity contribution in [2.24, 2.45) is 0 Å². The summed E-state index contributed by atoms with van der Waals surface area (Å²) in [6, 6.07) is 5.86. The van der Waals surface area contributed by atoms with Crippen LogP contribution in [0.1, 0.15) is 18.9 Å². The van der Waals surface area contributed by atoms with Crippen LogP contribution in [0, 0.1) is 27.3 Å². The summed E-state index contributed by atoms with van der Waals surface area (Å²) in [6.07, 6.45) is 0.886. The van der Waals surface area contributed by atoms with Crippen LogP contribution in [-0.4, -0.2) is 22.9 Å². The van der Waals surface area contributed by atoms with Gasteiger partial charge < -0.3 is 0 Å². The summed E-state index contributed by atoms with van der Waals surface area (Å²) in [7, 11) is 0. The second-order valence-corrected chi connectivity index (χ2v) is 3.91. The third-order valence-corrected chi connectivity index (χ3v) is 2.45. The second-order valence-electron chi connectivity index (χ2n) is 3.91. The Morgan fingerprint density at radius 1 is 1.56 bits per heavy atom. The van der Waals surface area contributed by atoms with E-state index in [0.29, 0.717) is 12.1 Å². The minimum Gasteiger partial charge on any atom is -0.286 e. The van der Waals surface area contributed by atoms with Crippen LogP contribution in [0.5, 0.6) is 0 Å². The van der Waals surface area contributed by atoms with Crippen LogP contribution in [0.4, 0.5) is 10.1 Å². The van der Waals surface area contributed by atoms with Crippen molar-refractivity contribution in [3.05, 3.63) is 39.7 Å². The second kappa shape index (κ2) is 6.67. The maximum atomic E-state index is 13.4. The van der Waals surface area contributed by atoms with Crippen molar-refractivity contribution in [3.8, 4) is 6.07 Å². The number of halogens is 1. The molecule has 0 aromatic heterocycles. The fourth-order valence-electron chi connectivity index (χ4n) is 1.69. The molecule has 0 aliphatic carbocycles. The molecule has 0 spiro atoms. The summed E-state index contributed by atoms with van der Waals surface area (Å²) in [5.41, 5.74) is 0.0999. The van der Waals surface area contributed by atoms with Crippen LogP contribution in [0.15, 0.2) is 18.2 Å². The van der Waals surface area contributed by atoms with Crippen molar-refractivity contribution in [1.29, 1.82) is 5.26 Å². The van der Waals surface area contributed by atoms with E-state index >= 15 is 0 Å². The molecule has 0 atom stereocenters. The zero-order valence-corrected chi connectivity index (χ0v) is 10.1. The Hall–Kier alpha value is -2.00. The lowest BCUT2D eigenvalue weighted by Gasteiger charge is -2.17. The molecule has 5 nitrogen and oxygen atoms in total. The molecule has 0 amide bonds.